The van der Waals surface area contributed by atoms with Crippen molar-refractivity contribution in [2.24, 2.45) is 5.92 Å². The highest BCUT2D eigenvalue weighted by molar-refractivity contribution is 5.99. The van der Waals surface area contributed by atoms with Gasteiger partial charge in [-0.1, -0.05) is 20.8 Å². The predicted octanol–water partition coefficient (Wildman–Crippen LogP) is 1.55. The molecule has 0 aromatic heterocycles. The maximum Gasteiger partial charge on any atom is 0.248 e. The number of piperazine rings is 1. The Labute approximate surface area is 104 Å². The SMILES string of the molecule is CCN1C(=O)C(C)(CC)NC(=O)C1CC(C)C. The zero-order valence-electron chi connectivity index (χ0n) is 11.5. The fraction of sp³-hybridized carbons (Fsp3) is 0.846. The molecule has 4 heteroatoms. The number of likely N-dealkylation sites (N-methyl/N-ethyl adjacent to an activating group) is 1. The molecule has 1 aliphatic heterocycles. The van der Waals surface area contributed by atoms with Crippen LogP contribution < -0.4 is 5.32 Å². The summed E-state index contributed by atoms with van der Waals surface area (Å²) in [5.41, 5.74) is -0.722. The van der Waals surface area contributed by atoms with Gasteiger partial charge in [0.1, 0.15) is 11.6 Å². The fourth-order valence-electron chi connectivity index (χ4n) is 2.29. The summed E-state index contributed by atoms with van der Waals surface area (Å²) in [6.45, 7) is 10.4. The van der Waals surface area contributed by atoms with Crippen molar-refractivity contribution in [1.29, 1.82) is 0 Å². The fourth-order valence-corrected chi connectivity index (χ4v) is 2.29. The van der Waals surface area contributed by atoms with Gasteiger partial charge >= 0.3 is 0 Å². The molecule has 0 bridgehead atoms. The highest BCUT2D eigenvalue weighted by atomic mass is 16.2. The van der Waals surface area contributed by atoms with Crippen LogP contribution in [0, 0.1) is 5.92 Å². The lowest BCUT2D eigenvalue weighted by atomic mass is 9.89. The zero-order chi connectivity index (χ0) is 13.2. The van der Waals surface area contributed by atoms with E-state index in [-0.39, 0.29) is 17.9 Å². The van der Waals surface area contributed by atoms with Crippen molar-refractivity contribution in [2.75, 3.05) is 6.54 Å². The minimum absolute atomic E-state index is 0.00972. The first-order chi connectivity index (χ1) is 7.85. The lowest BCUT2D eigenvalue weighted by Crippen LogP contribution is -2.69. The predicted molar refractivity (Wildman–Crippen MR) is 67.5 cm³/mol. The van der Waals surface area contributed by atoms with Crippen LogP contribution in [-0.2, 0) is 9.59 Å². The maximum atomic E-state index is 12.4. The average molecular weight is 240 g/mol. The molecule has 0 spiro atoms. The van der Waals surface area contributed by atoms with E-state index in [4.69, 9.17) is 0 Å². The summed E-state index contributed by atoms with van der Waals surface area (Å²) < 4.78 is 0. The van der Waals surface area contributed by atoms with E-state index in [9.17, 15) is 9.59 Å². The second-order valence-corrected chi connectivity index (χ2v) is 5.41. The van der Waals surface area contributed by atoms with Crippen LogP contribution in [0.4, 0.5) is 0 Å². The Morgan fingerprint density at radius 3 is 2.35 bits per heavy atom. The van der Waals surface area contributed by atoms with Crippen molar-refractivity contribution >= 4 is 11.8 Å². The Balaban J connectivity index is 2.97. The molecule has 1 aliphatic rings. The molecule has 2 unspecified atom stereocenters. The lowest BCUT2D eigenvalue weighted by Gasteiger charge is -2.44. The Kier molecular flexibility index (Phi) is 4.17. The first-order valence-electron chi connectivity index (χ1n) is 6.48. The van der Waals surface area contributed by atoms with E-state index in [0.717, 1.165) is 6.42 Å². The van der Waals surface area contributed by atoms with Crippen LogP contribution in [0.25, 0.3) is 0 Å². The number of carbonyl (C=O) groups excluding carboxylic acids is 2. The van der Waals surface area contributed by atoms with Gasteiger partial charge in [0.15, 0.2) is 0 Å². The van der Waals surface area contributed by atoms with Gasteiger partial charge < -0.3 is 10.2 Å². The van der Waals surface area contributed by atoms with Gasteiger partial charge in [0.05, 0.1) is 0 Å². The van der Waals surface area contributed by atoms with Gasteiger partial charge in [-0.2, -0.15) is 0 Å². The number of hydrogen-bond donors (Lipinski definition) is 1. The largest absolute Gasteiger partial charge is 0.340 e. The molecule has 17 heavy (non-hydrogen) atoms. The Morgan fingerprint density at radius 1 is 1.35 bits per heavy atom. The third-order valence-electron chi connectivity index (χ3n) is 3.55. The quantitative estimate of drug-likeness (QED) is 0.810. The van der Waals surface area contributed by atoms with Crippen molar-refractivity contribution in [3.63, 3.8) is 0 Å². The molecule has 0 radical (unpaired) electrons. The number of amides is 2. The zero-order valence-corrected chi connectivity index (χ0v) is 11.5. The van der Waals surface area contributed by atoms with E-state index in [1.54, 1.807) is 4.90 Å². The van der Waals surface area contributed by atoms with Crippen molar-refractivity contribution in [1.82, 2.24) is 10.2 Å². The van der Waals surface area contributed by atoms with Gasteiger partial charge in [0.25, 0.3) is 0 Å². The highest BCUT2D eigenvalue weighted by Gasteiger charge is 2.46. The first-order valence-corrected chi connectivity index (χ1v) is 6.48. The van der Waals surface area contributed by atoms with Gasteiger partial charge in [-0.25, -0.2) is 0 Å². The lowest BCUT2D eigenvalue weighted by molar-refractivity contribution is -0.154. The molecular weight excluding hydrogens is 216 g/mol. The van der Waals surface area contributed by atoms with Gasteiger partial charge in [0.2, 0.25) is 11.8 Å². The van der Waals surface area contributed by atoms with E-state index in [1.807, 2.05) is 20.8 Å². The molecule has 1 heterocycles. The highest BCUT2D eigenvalue weighted by Crippen LogP contribution is 2.24. The smallest absolute Gasteiger partial charge is 0.248 e. The number of nitrogens with one attached hydrogen (secondary N) is 1. The maximum absolute atomic E-state index is 12.4. The van der Waals surface area contributed by atoms with E-state index < -0.39 is 5.54 Å². The molecule has 0 saturated carbocycles. The summed E-state index contributed by atoms with van der Waals surface area (Å²) in [6, 6.07) is -0.299. The summed E-state index contributed by atoms with van der Waals surface area (Å²) in [4.78, 5) is 26.2. The standard InChI is InChI=1S/C13H24N2O2/c1-6-13(5)12(17)15(7-2)10(8-9(3)4)11(16)14-13/h9-10H,6-8H2,1-5H3,(H,14,16). The minimum atomic E-state index is -0.722. The van der Waals surface area contributed by atoms with Gasteiger partial charge in [-0.15, -0.1) is 0 Å². The molecule has 0 aromatic carbocycles. The van der Waals surface area contributed by atoms with Crippen LogP contribution in [0.1, 0.15) is 47.5 Å². The summed E-state index contributed by atoms with van der Waals surface area (Å²) in [6.07, 6.45) is 1.35. The molecule has 1 N–H and O–H groups in total. The first kappa shape index (κ1) is 14.0. The molecule has 0 aromatic rings. The molecule has 4 nitrogen and oxygen atoms in total. The monoisotopic (exact) mass is 240 g/mol. The molecule has 2 amide bonds. The molecule has 1 rings (SSSR count). The number of nitrogens with zero attached hydrogens (tertiary/aromatic N) is 1. The summed E-state index contributed by atoms with van der Waals surface area (Å²) in [7, 11) is 0. The van der Waals surface area contributed by atoms with E-state index in [0.29, 0.717) is 18.9 Å². The Hall–Kier alpha value is -1.06. The summed E-state index contributed by atoms with van der Waals surface area (Å²) in [5.74, 6) is 0.441. The topological polar surface area (TPSA) is 49.4 Å². The van der Waals surface area contributed by atoms with Gasteiger partial charge in [-0.05, 0) is 32.6 Å². The van der Waals surface area contributed by atoms with Crippen LogP contribution >= 0.6 is 0 Å². The molecule has 1 saturated heterocycles. The molecule has 98 valence electrons. The Morgan fingerprint density at radius 2 is 1.94 bits per heavy atom. The summed E-state index contributed by atoms with van der Waals surface area (Å²) in [5, 5.41) is 2.88. The van der Waals surface area contributed by atoms with Gasteiger partial charge in [-0.3, -0.25) is 9.59 Å². The second kappa shape index (κ2) is 5.07. The van der Waals surface area contributed by atoms with E-state index in [1.165, 1.54) is 0 Å². The molecule has 0 aliphatic carbocycles. The number of rotatable bonds is 4. The van der Waals surface area contributed by atoms with Gasteiger partial charge in [0, 0.05) is 6.54 Å². The van der Waals surface area contributed by atoms with Crippen molar-refractivity contribution in [3.8, 4) is 0 Å². The van der Waals surface area contributed by atoms with Crippen LogP contribution in [0.2, 0.25) is 0 Å². The van der Waals surface area contributed by atoms with Crippen molar-refractivity contribution < 1.29 is 9.59 Å². The van der Waals surface area contributed by atoms with Crippen molar-refractivity contribution in [2.45, 2.75) is 59.0 Å². The molecule has 2 atom stereocenters. The Bertz CT molecular complexity index is 315. The molecular formula is C13H24N2O2. The normalized spacial score (nSPS) is 29.8. The van der Waals surface area contributed by atoms with Crippen LogP contribution in [0.5, 0.6) is 0 Å². The van der Waals surface area contributed by atoms with E-state index >= 15 is 0 Å². The second-order valence-electron chi connectivity index (χ2n) is 5.41. The van der Waals surface area contributed by atoms with Crippen molar-refractivity contribution in [3.05, 3.63) is 0 Å². The van der Waals surface area contributed by atoms with Crippen LogP contribution in [0.15, 0.2) is 0 Å². The van der Waals surface area contributed by atoms with Crippen LogP contribution in [0.3, 0.4) is 0 Å². The average Bonchev–Trinajstić information content (AvgIpc) is 2.26. The number of carbonyl (C=O) groups is 2. The number of hydrogen-bond acceptors (Lipinski definition) is 2. The minimum Gasteiger partial charge on any atom is -0.340 e. The third-order valence-corrected chi connectivity index (χ3v) is 3.55. The third kappa shape index (κ3) is 2.61. The van der Waals surface area contributed by atoms with Crippen LogP contribution in [-0.4, -0.2) is 34.8 Å². The van der Waals surface area contributed by atoms with E-state index in [2.05, 4.69) is 19.2 Å². The molecule has 1 fully saturated rings. The summed E-state index contributed by atoms with van der Waals surface area (Å²) >= 11 is 0.